The molecular formula is C25H31ClN6O2. The lowest BCUT2D eigenvalue weighted by atomic mass is 9.74. The number of methoxy groups -OCH3 is 1. The van der Waals surface area contributed by atoms with E-state index in [0.717, 1.165) is 48.5 Å². The average Bonchev–Trinajstić information content (AvgIpc) is 3.38. The average molecular weight is 483 g/mol. The highest BCUT2D eigenvalue weighted by Crippen LogP contribution is 2.65. The van der Waals surface area contributed by atoms with Crippen molar-refractivity contribution in [2.45, 2.75) is 63.1 Å². The van der Waals surface area contributed by atoms with Crippen LogP contribution in [0.1, 0.15) is 56.8 Å². The molecule has 1 aromatic heterocycles. The van der Waals surface area contributed by atoms with Gasteiger partial charge in [0.2, 0.25) is 5.91 Å². The Morgan fingerprint density at radius 2 is 2.12 bits per heavy atom. The van der Waals surface area contributed by atoms with Gasteiger partial charge in [0.05, 0.1) is 24.9 Å². The van der Waals surface area contributed by atoms with E-state index in [1.54, 1.807) is 13.3 Å². The highest BCUT2D eigenvalue weighted by molar-refractivity contribution is 6.32. The van der Waals surface area contributed by atoms with Crippen LogP contribution in [0.2, 0.25) is 5.02 Å². The molecule has 6 rings (SSSR count). The molecule has 34 heavy (non-hydrogen) atoms. The van der Waals surface area contributed by atoms with Crippen LogP contribution in [0.5, 0.6) is 5.75 Å². The summed E-state index contributed by atoms with van der Waals surface area (Å²) in [7, 11) is 1.67. The van der Waals surface area contributed by atoms with Crippen molar-refractivity contribution < 1.29 is 9.53 Å². The maximum absolute atomic E-state index is 13.0. The highest BCUT2D eigenvalue weighted by atomic mass is 35.5. The zero-order chi connectivity index (χ0) is 23.6. The van der Waals surface area contributed by atoms with E-state index in [0.29, 0.717) is 34.6 Å². The minimum atomic E-state index is -0.382. The monoisotopic (exact) mass is 482 g/mol. The lowest BCUT2D eigenvalue weighted by molar-refractivity contribution is -0.118. The molecule has 2 saturated carbocycles. The number of hydrogen-bond acceptors (Lipinski definition) is 7. The van der Waals surface area contributed by atoms with E-state index in [4.69, 9.17) is 16.3 Å². The molecule has 2 aliphatic carbocycles. The second-order valence-corrected chi connectivity index (χ2v) is 10.9. The fourth-order valence-electron chi connectivity index (χ4n) is 6.42. The van der Waals surface area contributed by atoms with Gasteiger partial charge in [-0.1, -0.05) is 25.4 Å². The molecule has 1 spiro atoms. The van der Waals surface area contributed by atoms with Crippen molar-refractivity contribution in [3.63, 3.8) is 0 Å². The maximum Gasteiger partial charge on any atom is 0.235 e. The Kier molecular flexibility index (Phi) is 5.24. The predicted octanol–water partition coefficient (Wildman–Crippen LogP) is 3.80. The van der Waals surface area contributed by atoms with Gasteiger partial charge in [0.15, 0.2) is 0 Å². The number of benzene rings is 1. The normalized spacial score (nSPS) is 33.6. The van der Waals surface area contributed by atoms with Gasteiger partial charge < -0.3 is 15.4 Å². The molecule has 1 saturated heterocycles. The molecule has 1 aromatic carbocycles. The number of carbonyl (C=O) groups is 1. The van der Waals surface area contributed by atoms with Crippen molar-refractivity contribution >= 4 is 29.0 Å². The molecule has 3 heterocycles. The Hall–Kier alpha value is -2.42. The Labute approximate surface area is 204 Å². The van der Waals surface area contributed by atoms with Gasteiger partial charge in [-0.15, -0.1) is 0 Å². The van der Waals surface area contributed by atoms with Crippen molar-refractivity contribution in [2.24, 2.45) is 17.8 Å². The molecule has 6 atom stereocenters. The van der Waals surface area contributed by atoms with Gasteiger partial charge in [-0.05, 0) is 61.3 Å². The Bertz CT molecular complexity index is 1140. The number of nitrogens with one attached hydrogen (secondary N) is 4. The molecule has 9 heteroatoms. The quantitative estimate of drug-likeness (QED) is 0.514. The lowest BCUT2D eigenvalue weighted by Gasteiger charge is -2.34. The molecule has 4 N–H and O–H groups in total. The Balaban J connectivity index is 1.15. The number of hydrogen-bond donors (Lipinski definition) is 4. The fraction of sp³-hybridized carbons (Fsp3) is 0.560. The summed E-state index contributed by atoms with van der Waals surface area (Å²) in [6.07, 6.45) is 5.87. The van der Waals surface area contributed by atoms with E-state index in [2.05, 4.69) is 45.3 Å². The van der Waals surface area contributed by atoms with E-state index in [9.17, 15) is 4.79 Å². The van der Waals surface area contributed by atoms with E-state index in [1.165, 1.54) is 0 Å². The number of rotatable bonds is 5. The smallest absolute Gasteiger partial charge is 0.235 e. The van der Waals surface area contributed by atoms with Crippen LogP contribution in [-0.4, -0.2) is 35.2 Å². The summed E-state index contributed by atoms with van der Waals surface area (Å²) in [5, 5.41) is 7.15. The first kappa shape index (κ1) is 22.1. The standard InChI is InChI=1S/C25H31ClN6O2/c1-12(2)21-27-11-18(26)23(29-21)30-22-15-6-4-13(8-20(15)31-32-22)17-10-25(17)16-9-14(34-3)5-7-19(16)28-24(25)33/h5,7,9,11-13,15,17,20,22,31-32H,4,6,8,10H2,1-3H3,(H,28,33)(H,27,29,30)/t13?,15?,17-,20?,22?,25-/m0/s1. The lowest BCUT2D eigenvalue weighted by Crippen LogP contribution is -2.39. The molecule has 8 nitrogen and oxygen atoms in total. The van der Waals surface area contributed by atoms with Crippen LogP contribution in [0, 0.1) is 17.8 Å². The van der Waals surface area contributed by atoms with E-state index in [1.807, 2.05) is 18.2 Å². The van der Waals surface area contributed by atoms with Gasteiger partial charge in [0.1, 0.15) is 22.4 Å². The first-order valence-electron chi connectivity index (χ1n) is 12.2. The Morgan fingerprint density at radius 1 is 1.26 bits per heavy atom. The summed E-state index contributed by atoms with van der Waals surface area (Å²) >= 11 is 6.39. The summed E-state index contributed by atoms with van der Waals surface area (Å²) in [6, 6.07) is 6.27. The summed E-state index contributed by atoms with van der Waals surface area (Å²) < 4.78 is 5.44. The molecular weight excluding hydrogens is 452 g/mol. The number of hydrazine groups is 1. The van der Waals surface area contributed by atoms with Gasteiger partial charge in [-0.25, -0.2) is 15.4 Å². The maximum atomic E-state index is 13.0. The van der Waals surface area contributed by atoms with Gasteiger partial charge in [-0.3, -0.25) is 10.2 Å². The zero-order valence-electron chi connectivity index (χ0n) is 19.7. The largest absolute Gasteiger partial charge is 0.497 e. The third-order valence-corrected chi connectivity index (χ3v) is 8.59. The number of halogens is 1. The number of aromatic nitrogens is 2. The third kappa shape index (κ3) is 3.38. The number of fused-ring (bicyclic) bond motifs is 3. The highest BCUT2D eigenvalue weighted by Gasteiger charge is 2.67. The van der Waals surface area contributed by atoms with Crippen LogP contribution in [0.15, 0.2) is 24.4 Å². The number of amides is 1. The molecule has 0 bridgehead atoms. The predicted molar refractivity (Wildman–Crippen MR) is 131 cm³/mol. The van der Waals surface area contributed by atoms with Crippen molar-refractivity contribution in [1.29, 1.82) is 0 Å². The van der Waals surface area contributed by atoms with Gasteiger partial charge >= 0.3 is 0 Å². The first-order valence-corrected chi connectivity index (χ1v) is 12.6. The van der Waals surface area contributed by atoms with Gasteiger partial charge in [-0.2, -0.15) is 0 Å². The summed E-state index contributed by atoms with van der Waals surface area (Å²) in [4.78, 5) is 22.0. The van der Waals surface area contributed by atoms with E-state index in [-0.39, 0.29) is 23.4 Å². The van der Waals surface area contributed by atoms with Crippen LogP contribution in [0.25, 0.3) is 0 Å². The number of ether oxygens (including phenoxy) is 1. The van der Waals surface area contributed by atoms with Crippen LogP contribution in [0.3, 0.4) is 0 Å². The molecule has 1 amide bonds. The molecule has 180 valence electrons. The molecule has 4 aliphatic rings. The van der Waals surface area contributed by atoms with E-state index < -0.39 is 0 Å². The zero-order valence-corrected chi connectivity index (χ0v) is 20.4. The minimum Gasteiger partial charge on any atom is -0.497 e. The van der Waals surface area contributed by atoms with Crippen molar-refractivity contribution in [3.05, 3.63) is 40.8 Å². The number of carbonyl (C=O) groups excluding carboxylic acids is 1. The number of anilines is 2. The minimum absolute atomic E-state index is 0.0475. The second kappa shape index (κ2) is 8.07. The summed E-state index contributed by atoms with van der Waals surface area (Å²) in [5.74, 6) is 3.96. The SMILES string of the molecule is COc1ccc2c(c1)[C@]1(C[C@H]1C1CCC3C(C1)NNC3Nc1nc(C(C)C)ncc1Cl)C(=O)N2. The number of nitrogens with zero attached hydrogens (tertiary/aromatic N) is 2. The van der Waals surface area contributed by atoms with Crippen LogP contribution < -0.4 is 26.2 Å². The fourth-order valence-corrected chi connectivity index (χ4v) is 6.57. The van der Waals surface area contributed by atoms with Crippen LogP contribution >= 0.6 is 11.6 Å². The van der Waals surface area contributed by atoms with Gasteiger partial charge in [0, 0.05) is 23.6 Å². The molecule has 4 unspecified atom stereocenters. The van der Waals surface area contributed by atoms with E-state index >= 15 is 0 Å². The van der Waals surface area contributed by atoms with Crippen molar-refractivity contribution in [1.82, 2.24) is 20.8 Å². The molecule has 3 fully saturated rings. The van der Waals surface area contributed by atoms with Crippen LogP contribution in [-0.2, 0) is 10.2 Å². The Morgan fingerprint density at radius 3 is 2.91 bits per heavy atom. The third-order valence-electron chi connectivity index (χ3n) is 8.31. The van der Waals surface area contributed by atoms with Crippen LogP contribution in [0.4, 0.5) is 11.5 Å². The molecule has 2 aliphatic heterocycles. The molecule has 2 aromatic rings. The topological polar surface area (TPSA) is 100 Å². The second-order valence-electron chi connectivity index (χ2n) is 10.5. The summed E-state index contributed by atoms with van der Waals surface area (Å²) in [5.41, 5.74) is 8.60. The van der Waals surface area contributed by atoms with Crippen molar-refractivity contribution in [2.75, 3.05) is 17.7 Å². The van der Waals surface area contributed by atoms with Gasteiger partial charge in [0.25, 0.3) is 0 Å². The van der Waals surface area contributed by atoms with Crippen molar-refractivity contribution in [3.8, 4) is 5.75 Å². The first-order chi connectivity index (χ1) is 16.4. The summed E-state index contributed by atoms with van der Waals surface area (Å²) in [6.45, 7) is 4.15. The molecule has 0 radical (unpaired) electrons.